The molecule has 0 aliphatic heterocycles. The van der Waals surface area contributed by atoms with E-state index in [0.29, 0.717) is 0 Å². The second kappa shape index (κ2) is 7.50. The summed E-state index contributed by atoms with van der Waals surface area (Å²) in [7, 11) is 0. The normalized spacial score (nSPS) is 12.0. The van der Waals surface area contributed by atoms with Crippen LogP contribution in [0.3, 0.4) is 0 Å². The number of benzene rings is 7. The van der Waals surface area contributed by atoms with Crippen LogP contribution in [-0.4, -0.2) is 0 Å². The molecule has 0 aliphatic rings. The summed E-state index contributed by atoms with van der Waals surface area (Å²) in [5.41, 5.74) is 4.00. The maximum Gasteiger partial charge on any atom is 0.0948 e. The number of nitrogens with zero attached hydrogens (tertiary/aromatic N) is 2. The molecule has 0 aliphatic carbocycles. The minimum Gasteiger partial charge on any atom is -0.151 e. The minimum atomic E-state index is 0.844. The van der Waals surface area contributed by atoms with Gasteiger partial charge in [0.1, 0.15) is 0 Å². The molecule has 7 rings (SSSR count). The van der Waals surface area contributed by atoms with Crippen molar-refractivity contribution < 1.29 is 0 Å². The van der Waals surface area contributed by atoms with Crippen LogP contribution in [0.2, 0.25) is 0 Å². The van der Waals surface area contributed by atoms with E-state index in [9.17, 15) is 0 Å². The van der Waals surface area contributed by atoms with Gasteiger partial charge in [-0.15, -0.1) is 5.11 Å². The Labute approximate surface area is 197 Å². The average molecular weight is 433 g/mol. The molecular formula is C32H20N2. The van der Waals surface area contributed by atoms with Gasteiger partial charge in [-0.25, -0.2) is 0 Å². The summed E-state index contributed by atoms with van der Waals surface area (Å²) in [6.07, 6.45) is 0. The van der Waals surface area contributed by atoms with E-state index in [1.54, 1.807) is 0 Å². The lowest BCUT2D eigenvalue weighted by molar-refractivity contribution is 1.24. The topological polar surface area (TPSA) is 24.7 Å². The quantitative estimate of drug-likeness (QED) is 0.151. The summed E-state index contributed by atoms with van der Waals surface area (Å²) in [5, 5.41) is 19.5. The van der Waals surface area contributed by atoms with Crippen LogP contribution in [0.5, 0.6) is 0 Å². The molecule has 0 radical (unpaired) electrons. The fourth-order valence-electron chi connectivity index (χ4n) is 5.29. The number of azo groups is 1. The number of fused-ring (bicyclic) bond motifs is 2. The van der Waals surface area contributed by atoms with Crippen LogP contribution < -0.4 is 0 Å². The van der Waals surface area contributed by atoms with E-state index in [-0.39, 0.29) is 0 Å². The van der Waals surface area contributed by atoms with Gasteiger partial charge >= 0.3 is 0 Å². The predicted octanol–water partition coefficient (Wildman–Crippen LogP) is 9.82. The highest BCUT2D eigenvalue weighted by Crippen LogP contribution is 2.48. The molecular weight excluding hydrogens is 412 g/mol. The van der Waals surface area contributed by atoms with Crippen molar-refractivity contribution in [1.82, 2.24) is 0 Å². The molecule has 0 bridgehead atoms. The van der Waals surface area contributed by atoms with Crippen molar-refractivity contribution in [3.8, 4) is 11.1 Å². The van der Waals surface area contributed by atoms with Gasteiger partial charge < -0.3 is 0 Å². The third-order valence-corrected chi connectivity index (χ3v) is 6.70. The highest BCUT2D eigenvalue weighted by atomic mass is 15.1. The molecule has 34 heavy (non-hydrogen) atoms. The molecule has 2 heteroatoms. The monoisotopic (exact) mass is 432 g/mol. The molecule has 0 unspecified atom stereocenters. The lowest BCUT2D eigenvalue weighted by atomic mass is 9.85. The lowest BCUT2D eigenvalue weighted by Gasteiger charge is -2.18. The SMILES string of the molecule is c1ccc(N=Nc2cc3cccc4c5cccc6cccc(c(c2-c2ccccc2)c34)c65)cc1. The molecule has 7 aromatic rings. The van der Waals surface area contributed by atoms with Gasteiger partial charge in [0, 0.05) is 10.9 Å². The Morgan fingerprint density at radius 2 is 1.03 bits per heavy atom. The Morgan fingerprint density at radius 1 is 0.412 bits per heavy atom. The Bertz CT molecular complexity index is 1830. The predicted molar refractivity (Wildman–Crippen MR) is 144 cm³/mol. The van der Waals surface area contributed by atoms with Gasteiger partial charge in [-0.3, -0.25) is 0 Å². The molecule has 2 nitrogen and oxygen atoms in total. The zero-order valence-corrected chi connectivity index (χ0v) is 18.4. The Balaban J connectivity index is 1.70. The molecule has 0 aromatic heterocycles. The lowest BCUT2D eigenvalue weighted by Crippen LogP contribution is -1.90. The van der Waals surface area contributed by atoms with Crippen LogP contribution in [0.15, 0.2) is 132 Å². The van der Waals surface area contributed by atoms with E-state index < -0.39 is 0 Å². The Kier molecular flexibility index (Phi) is 4.18. The molecule has 7 aromatic carbocycles. The third kappa shape index (κ3) is 2.82. The van der Waals surface area contributed by atoms with Gasteiger partial charge in [0.25, 0.3) is 0 Å². The van der Waals surface area contributed by atoms with Crippen LogP contribution in [0.1, 0.15) is 0 Å². The van der Waals surface area contributed by atoms with Crippen molar-refractivity contribution in [2.75, 3.05) is 0 Å². The molecule has 0 fully saturated rings. The summed E-state index contributed by atoms with van der Waals surface area (Å²) in [6, 6.07) is 42.5. The second-order valence-corrected chi connectivity index (χ2v) is 8.66. The molecule has 0 saturated heterocycles. The van der Waals surface area contributed by atoms with Crippen molar-refractivity contribution in [2.24, 2.45) is 10.2 Å². The molecule has 0 atom stereocenters. The van der Waals surface area contributed by atoms with E-state index in [2.05, 4.69) is 96.1 Å². The van der Waals surface area contributed by atoms with Crippen molar-refractivity contribution in [3.05, 3.63) is 121 Å². The van der Waals surface area contributed by atoms with Gasteiger partial charge in [0.15, 0.2) is 0 Å². The summed E-state index contributed by atoms with van der Waals surface area (Å²) < 4.78 is 0. The van der Waals surface area contributed by atoms with Crippen LogP contribution in [0.4, 0.5) is 11.4 Å². The smallest absolute Gasteiger partial charge is 0.0948 e. The first kappa shape index (κ1) is 19.0. The largest absolute Gasteiger partial charge is 0.151 e. The maximum atomic E-state index is 4.81. The molecule has 0 amide bonds. The summed E-state index contributed by atoms with van der Waals surface area (Å²) >= 11 is 0. The fourth-order valence-corrected chi connectivity index (χ4v) is 5.29. The summed E-state index contributed by atoms with van der Waals surface area (Å²) in [5.74, 6) is 0. The zero-order chi connectivity index (χ0) is 22.5. The van der Waals surface area contributed by atoms with Crippen molar-refractivity contribution in [2.45, 2.75) is 0 Å². The van der Waals surface area contributed by atoms with E-state index in [1.165, 1.54) is 43.1 Å². The van der Waals surface area contributed by atoms with Gasteiger partial charge in [0.2, 0.25) is 0 Å². The Hall–Kier alpha value is -4.56. The Morgan fingerprint density at radius 3 is 1.76 bits per heavy atom. The molecule has 0 saturated carbocycles. The molecule has 0 heterocycles. The number of hydrogen-bond acceptors (Lipinski definition) is 2. The van der Waals surface area contributed by atoms with Crippen LogP contribution >= 0.6 is 0 Å². The first-order chi connectivity index (χ1) is 16.9. The first-order valence-corrected chi connectivity index (χ1v) is 11.5. The van der Waals surface area contributed by atoms with E-state index >= 15 is 0 Å². The molecule has 0 spiro atoms. The first-order valence-electron chi connectivity index (χ1n) is 11.5. The van der Waals surface area contributed by atoms with Gasteiger partial charge in [-0.1, -0.05) is 103 Å². The van der Waals surface area contributed by atoms with Gasteiger partial charge in [0.05, 0.1) is 11.4 Å². The summed E-state index contributed by atoms with van der Waals surface area (Å²) in [4.78, 5) is 0. The van der Waals surface area contributed by atoms with Crippen LogP contribution in [0.25, 0.3) is 54.2 Å². The van der Waals surface area contributed by atoms with Gasteiger partial charge in [-0.2, -0.15) is 5.11 Å². The second-order valence-electron chi connectivity index (χ2n) is 8.66. The van der Waals surface area contributed by atoms with Crippen LogP contribution in [0, 0.1) is 0 Å². The maximum absolute atomic E-state index is 4.81. The standard InChI is InChI=1S/C32H20N2/c1-3-10-22(11-4-1)31-28(34-33-24-15-5-2-6-16-24)20-23-14-9-18-26-25-17-7-12-21-13-8-19-27(29(21)25)32(31)30(23)26/h1-20H. The van der Waals surface area contributed by atoms with Crippen LogP contribution in [-0.2, 0) is 0 Å². The minimum absolute atomic E-state index is 0.844. The summed E-state index contributed by atoms with van der Waals surface area (Å²) in [6.45, 7) is 0. The van der Waals surface area contributed by atoms with Gasteiger partial charge in [-0.05, 0) is 61.5 Å². The fraction of sp³-hybridized carbons (Fsp3) is 0. The number of rotatable bonds is 3. The van der Waals surface area contributed by atoms with Crippen molar-refractivity contribution in [3.63, 3.8) is 0 Å². The van der Waals surface area contributed by atoms with E-state index in [4.69, 9.17) is 5.11 Å². The highest BCUT2D eigenvalue weighted by Gasteiger charge is 2.19. The van der Waals surface area contributed by atoms with E-state index in [0.717, 1.165) is 22.5 Å². The van der Waals surface area contributed by atoms with Crippen molar-refractivity contribution >= 4 is 54.5 Å². The molecule has 0 N–H and O–H groups in total. The van der Waals surface area contributed by atoms with E-state index in [1.807, 2.05) is 30.3 Å². The average Bonchev–Trinajstić information content (AvgIpc) is 2.91. The third-order valence-electron chi connectivity index (χ3n) is 6.70. The molecule has 158 valence electrons. The van der Waals surface area contributed by atoms with Crippen molar-refractivity contribution in [1.29, 1.82) is 0 Å². The highest BCUT2D eigenvalue weighted by molar-refractivity contribution is 6.36. The zero-order valence-electron chi connectivity index (χ0n) is 18.4. The number of hydrogen-bond donors (Lipinski definition) is 0.